The van der Waals surface area contributed by atoms with Crippen molar-refractivity contribution in [2.75, 3.05) is 20.3 Å². The molecule has 0 saturated heterocycles. The second-order valence-corrected chi connectivity index (χ2v) is 6.45. The molecule has 1 N–H and O–H groups in total. The lowest BCUT2D eigenvalue weighted by molar-refractivity contribution is -0.121. The molecule has 0 aliphatic rings. The van der Waals surface area contributed by atoms with Crippen molar-refractivity contribution < 1.29 is 14.1 Å². The monoisotopic (exact) mass is 384 g/mol. The molecule has 3 rings (SSSR count). The van der Waals surface area contributed by atoms with Crippen LogP contribution in [0.3, 0.4) is 0 Å². The molecule has 0 spiro atoms. The zero-order chi connectivity index (χ0) is 19.9. The Morgan fingerprint density at radius 3 is 2.79 bits per heavy atom. The summed E-state index contributed by atoms with van der Waals surface area (Å²) >= 11 is 0. The van der Waals surface area contributed by atoms with Gasteiger partial charge in [-0.2, -0.15) is 0 Å². The summed E-state index contributed by atoms with van der Waals surface area (Å²) in [7, 11) is 1.62. The summed E-state index contributed by atoms with van der Waals surface area (Å²) in [5.74, 6) is -0.127. The fourth-order valence-electron chi connectivity index (χ4n) is 2.86. The van der Waals surface area contributed by atoms with Crippen LogP contribution < -0.4 is 10.9 Å². The number of ether oxygens (including phenoxy) is 1. The molecule has 0 saturated carbocycles. The Balaban J connectivity index is 1.72. The molecule has 0 fully saturated rings. The van der Waals surface area contributed by atoms with Crippen LogP contribution in [-0.4, -0.2) is 40.9 Å². The van der Waals surface area contributed by atoms with Crippen LogP contribution >= 0.6 is 0 Å². The molecule has 0 bridgehead atoms. The van der Waals surface area contributed by atoms with Crippen LogP contribution in [0.4, 0.5) is 0 Å². The summed E-state index contributed by atoms with van der Waals surface area (Å²) in [6, 6.07) is 7.92. The van der Waals surface area contributed by atoms with Gasteiger partial charge in [0, 0.05) is 38.8 Å². The normalized spacial score (nSPS) is 11.1. The van der Waals surface area contributed by atoms with Crippen molar-refractivity contribution in [3.8, 4) is 11.3 Å². The number of carbonyl (C=O) groups excluding carboxylic acids is 1. The molecule has 8 nitrogen and oxygen atoms in total. The SMILES string of the molecule is CCc1ccc(-c2noc3c(=O)n(CCC(=O)NCCCOC)cnc23)cc1. The summed E-state index contributed by atoms with van der Waals surface area (Å²) in [6.07, 6.45) is 3.31. The maximum atomic E-state index is 12.6. The molecule has 0 radical (unpaired) electrons. The first-order valence-electron chi connectivity index (χ1n) is 9.33. The van der Waals surface area contributed by atoms with Gasteiger partial charge in [0.2, 0.25) is 5.91 Å². The Labute approximate surface area is 162 Å². The Bertz CT molecular complexity index is 992. The average molecular weight is 384 g/mol. The molecular weight excluding hydrogens is 360 g/mol. The highest BCUT2D eigenvalue weighted by Gasteiger charge is 2.16. The number of aryl methyl sites for hydroxylation is 2. The van der Waals surface area contributed by atoms with Gasteiger partial charge in [-0.05, 0) is 18.4 Å². The van der Waals surface area contributed by atoms with Gasteiger partial charge in [0.1, 0.15) is 11.2 Å². The molecular formula is C20H24N4O4. The van der Waals surface area contributed by atoms with E-state index in [2.05, 4.69) is 22.4 Å². The minimum atomic E-state index is -0.346. The zero-order valence-corrected chi connectivity index (χ0v) is 16.1. The maximum absolute atomic E-state index is 12.6. The van der Waals surface area contributed by atoms with E-state index >= 15 is 0 Å². The molecule has 3 aromatic rings. The van der Waals surface area contributed by atoms with E-state index in [0.717, 1.165) is 18.4 Å². The van der Waals surface area contributed by atoms with Crippen LogP contribution in [-0.2, 0) is 22.5 Å². The lowest BCUT2D eigenvalue weighted by Crippen LogP contribution is -2.28. The standard InChI is InChI=1S/C20H24N4O4/c1-3-14-5-7-15(8-6-14)17-18-19(28-23-17)20(26)24(13-22-18)11-9-16(25)21-10-4-12-27-2/h5-8,13H,3-4,9-12H2,1-2H3,(H,21,25). The molecule has 0 atom stereocenters. The number of nitrogens with zero attached hydrogens (tertiary/aromatic N) is 3. The van der Waals surface area contributed by atoms with Gasteiger partial charge in [-0.25, -0.2) is 4.98 Å². The number of aromatic nitrogens is 3. The quantitative estimate of drug-likeness (QED) is 0.568. The van der Waals surface area contributed by atoms with E-state index in [4.69, 9.17) is 9.26 Å². The van der Waals surface area contributed by atoms with Crippen LogP contribution in [0.25, 0.3) is 22.4 Å². The van der Waals surface area contributed by atoms with Crippen LogP contribution in [0.1, 0.15) is 25.3 Å². The largest absolute Gasteiger partial charge is 0.385 e. The van der Waals surface area contributed by atoms with Gasteiger partial charge in [0.05, 0.1) is 6.33 Å². The third kappa shape index (κ3) is 4.45. The Morgan fingerprint density at radius 2 is 2.07 bits per heavy atom. The van der Waals surface area contributed by atoms with Crippen LogP contribution in [0.15, 0.2) is 39.9 Å². The molecule has 1 aromatic carbocycles. The second kappa shape index (κ2) is 9.27. The van der Waals surface area contributed by atoms with Gasteiger partial charge in [0.15, 0.2) is 0 Å². The second-order valence-electron chi connectivity index (χ2n) is 6.45. The summed E-state index contributed by atoms with van der Waals surface area (Å²) in [5, 5.41) is 6.82. The predicted octanol–water partition coefficient (Wildman–Crippen LogP) is 2.16. The number of carbonyl (C=O) groups is 1. The molecule has 148 valence electrons. The first kappa shape index (κ1) is 19.8. The first-order chi connectivity index (χ1) is 13.6. The Kier molecular flexibility index (Phi) is 6.54. The third-order valence-electron chi connectivity index (χ3n) is 4.51. The van der Waals surface area contributed by atoms with E-state index in [9.17, 15) is 9.59 Å². The number of hydrogen-bond acceptors (Lipinski definition) is 6. The fraction of sp³-hybridized carbons (Fsp3) is 0.400. The smallest absolute Gasteiger partial charge is 0.299 e. The topological polar surface area (TPSA) is 99.2 Å². The minimum absolute atomic E-state index is 0.0950. The van der Waals surface area contributed by atoms with Crippen LogP contribution in [0.2, 0.25) is 0 Å². The van der Waals surface area contributed by atoms with Crippen molar-refractivity contribution in [2.24, 2.45) is 0 Å². The van der Waals surface area contributed by atoms with Crippen molar-refractivity contribution in [2.45, 2.75) is 32.7 Å². The maximum Gasteiger partial charge on any atom is 0.299 e. The van der Waals surface area contributed by atoms with Crippen LogP contribution in [0.5, 0.6) is 0 Å². The molecule has 0 unspecified atom stereocenters. The number of fused-ring (bicyclic) bond motifs is 1. The number of rotatable bonds is 9. The lowest BCUT2D eigenvalue weighted by Gasteiger charge is -2.06. The van der Waals surface area contributed by atoms with Gasteiger partial charge in [-0.3, -0.25) is 14.2 Å². The molecule has 2 aromatic heterocycles. The Hall–Kier alpha value is -3.00. The van der Waals surface area contributed by atoms with Gasteiger partial charge in [-0.1, -0.05) is 36.3 Å². The number of hydrogen-bond donors (Lipinski definition) is 1. The average Bonchev–Trinajstić information content (AvgIpc) is 3.16. The van der Waals surface area contributed by atoms with E-state index in [1.807, 2.05) is 24.3 Å². The van der Waals surface area contributed by atoms with Crippen molar-refractivity contribution >= 4 is 17.0 Å². The van der Waals surface area contributed by atoms with Gasteiger partial charge in [-0.15, -0.1) is 0 Å². The van der Waals surface area contributed by atoms with E-state index in [1.54, 1.807) is 7.11 Å². The third-order valence-corrected chi connectivity index (χ3v) is 4.51. The highest BCUT2D eigenvalue weighted by atomic mass is 16.5. The zero-order valence-electron chi connectivity index (χ0n) is 16.1. The summed E-state index contributed by atoms with van der Waals surface area (Å²) in [6.45, 7) is 3.44. The number of benzene rings is 1. The first-order valence-corrected chi connectivity index (χ1v) is 9.33. The molecule has 0 aliphatic heterocycles. The number of methoxy groups -OCH3 is 1. The van der Waals surface area contributed by atoms with Crippen molar-refractivity contribution in [3.63, 3.8) is 0 Å². The summed E-state index contributed by atoms with van der Waals surface area (Å²) < 4.78 is 11.6. The molecule has 0 aliphatic carbocycles. The minimum Gasteiger partial charge on any atom is -0.385 e. The van der Waals surface area contributed by atoms with E-state index in [-0.39, 0.29) is 30.0 Å². The molecule has 1 amide bonds. The molecule has 8 heteroatoms. The van der Waals surface area contributed by atoms with E-state index < -0.39 is 0 Å². The Morgan fingerprint density at radius 1 is 1.29 bits per heavy atom. The lowest BCUT2D eigenvalue weighted by atomic mass is 10.1. The van der Waals surface area contributed by atoms with Gasteiger partial charge < -0.3 is 14.6 Å². The number of nitrogens with one attached hydrogen (secondary N) is 1. The highest BCUT2D eigenvalue weighted by molar-refractivity contribution is 5.87. The van der Waals surface area contributed by atoms with E-state index in [1.165, 1.54) is 16.5 Å². The summed E-state index contributed by atoms with van der Waals surface area (Å²) in [4.78, 5) is 28.8. The predicted molar refractivity (Wildman–Crippen MR) is 105 cm³/mol. The van der Waals surface area contributed by atoms with Crippen molar-refractivity contribution in [1.29, 1.82) is 0 Å². The van der Waals surface area contributed by atoms with Gasteiger partial charge in [0.25, 0.3) is 11.1 Å². The van der Waals surface area contributed by atoms with Gasteiger partial charge >= 0.3 is 0 Å². The number of amides is 1. The summed E-state index contributed by atoms with van der Waals surface area (Å²) in [5.41, 5.74) is 2.77. The van der Waals surface area contributed by atoms with Crippen molar-refractivity contribution in [1.82, 2.24) is 20.0 Å². The van der Waals surface area contributed by atoms with Crippen LogP contribution in [0, 0.1) is 0 Å². The van der Waals surface area contributed by atoms with E-state index in [0.29, 0.717) is 24.4 Å². The fourth-order valence-corrected chi connectivity index (χ4v) is 2.86. The van der Waals surface area contributed by atoms with Crippen molar-refractivity contribution in [3.05, 3.63) is 46.5 Å². The molecule has 28 heavy (non-hydrogen) atoms. The highest BCUT2D eigenvalue weighted by Crippen LogP contribution is 2.24. The molecule has 2 heterocycles.